The van der Waals surface area contributed by atoms with Gasteiger partial charge in [-0.15, -0.1) is 12.4 Å². The number of hydrogen-bond donors (Lipinski definition) is 3. The number of para-hydroxylation sites is 1. The van der Waals surface area contributed by atoms with Gasteiger partial charge in [-0.1, -0.05) is 24.3 Å². The van der Waals surface area contributed by atoms with Crippen LogP contribution in [0.2, 0.25) is 0 Å². The molecule has 142 valence electrons. The molecule has 3 aromatic rings. The average molecular weight is 393 g/mol. The zero-order chi connectivity index (χ0) is 18.1. The monoisotopic (exact) mass is 392 g/mol. The van der Waals surface area contributed by atoms with Gasteiger partial charge in [-0.3, -0.25) is 9.89 Å². The van der Waals surface area contributed by atoms with Crippen molar-refractivity contribution in [2.45, 2.75) is 18.4 Å². The maximum Gasteiger partial charge on any atom is 0.272 e. The molecule has 8 heteroatoms. The summed E-state index contributed by atoms with van der Waals surface area (Å²) in [5, 5.41) is 13.9. The van der Waals surface area contributed by atoms with Crippen molar-refractivity contribution in [3.63, 3.8) is 0 Å². The first-order valence-electron chi connectivity index (χ1n) is 8.53. The van der Waals surface area contributed by atoms with Crippen LogP contribution in [0.5, 0.6) is 0 Å². The van der Waals surface area contributed by atoms with Crippen molar-refractivity contribution < 1.29 is 13.6 Å². The topological polar surface area (TPSA) is 69.8 Å². The van der Waals surface area contributed by atoms with Gasteiger partial charge in [-0.25, -0.2) is 8.78 Å². The maximum absolute atomic E-state index is 13.6. The standard InChI is InChI=1S/C19H18F2N4O.ClH/c20-14-6-5-11(9-15(14)21)12-7-8-22-10-17(12)23-19(26)18-13-3-1-2-4-16(13)24-25-18;/h1-6,9,12,17,22H,7-8,10H2,(H,23,26)(H,24,25);1H. The van der Waals surface area contributed by atoms with Crippen LogP contribution in [-0.4, -0.2) is 35.2 Å². The number of nitrogens with zero attached hydrogens (tertiary/aromatic N) is 1. The van der Waals surface area contributed by atoms with E-state index in [9.17, 15) is 13.6 Å². The highest BCUT2D eigenvalue weighted by Gasteiger charge is 2.29. The van der Waals surface area contributed by atoms with Gasteiger partial charge in [0.25, 0.3) is 5.91 Å². The second-order valence-corrected chi connectivity index (χ2v) is 6.47. The molecule has 0 aliphatic carbocycles. The molecule has 3 N–H and O–H groups in total. The fourth-order valence-electron chi connectivity index (χ4n) is 3.53. The van der Waals surface area contributed by atoms with E-state index in [2.05, 4.69) is 20.8 Å². The maximum atomic E-state index is 13.6. The van der Waals surface area contributed by atoms with E-state index in [-0.39, 0.29) is 30.3 Å². The number of benzene rings is 2. The number of halogens is 3. The van der Waals surface area contributed by atoms with Gasteiger partial charge in [0, 0.05) is 23.9 Å². The number of aromatic amines is 1. The number of rotatable bonds is 3. The molecule has 5 nitrogen and oxygen atoms in total. The first kappa shape index (κ1) is 19.3. The van der Waals surface area contributed by atoms with Crippen molar-refractivity contribution in [1.82, 2.24) is 20.8 Å². The van der Waals surface area contributed by atoms with Crippen molar-refractivity contribution in [2.24, 2.45) is 0 Å². The first-order chi connectivity index (χ1) is 12.6. The number of piperidine rings is 1. The predicted octanol–water partition coefficient (Wildman–Crippen LogP) is 3.14. The Bertz CT molecular complexity index is 962. The minimum absolute atomic E-state index is 0. The Hall–Kier alpha value is -2.51. The van der Waals surface area contributed by atoms with Gasteiger partial charge in [0.05, 0.1) is 5.52 Å². The van der Waals surface area contributed by atoms with Crippen molar-refractivity contribution >= 4 is 29.2 Å². The van der Waals surface area contributed by atoms with Gasteiger partial charge in [0.2, 0.25) is 0 Å². The van der Waals surface area contributed by atoms with E-state index in [1.54, 1.807) is 6.07 Å². The molecule has 0 spiro atoms. The van der Waals surface area contributed by atoms with E-state index in [0.717, 1.165) is 29.9 Å². The lowest BCUT2D eigenvalue weighted by Gasteiger charge is -2.33. The van der Waals surface area contributed by atoms with Crippen LogP contribution in [0.3, 0.4) is 0 Å². The van der Waals surface area contributed by atoms with Crippen LogP contribution in [-0.2, 0) is 0 Å². The summed E-state index contributed by atoms with van der Waals surface area (Å²) in [6.45, 7) is 1.30. The summed E-state index contributed by atoms with van der Waals surface area (Å²) in [6, 6.07) is 11.1. The summed E-state index contributed by atoms with van der Waals surface area (Å²) in [5.41, 5.74) is 1.80. The molecule has 0 radical (unpaired) electrons. The van der Waals surface area contributed by atoms with Gasteiger partial charge in [-0.05, 0) is 36.7 Å². The van der Waals surface area contributed by atoms with Crippen molar-refractivity contribution in [3.05, 3.63) is 65.4 Å². The Morgan fingerprint density at radius 1 is 1.15 bits per heavy atom. The summed E-state index contributed by atoms with van der Waals surface area (Å²) >= 11 is 0. The van der Waals surface area contributed by atoms with E-state index in [1.807, 2.05) is 24.3 Å². The molecule has 1 saturated heterocycles. The highest BCUT2D eigenvalue weighted by Crippen LogP contribution is 2.27. The minimum Gasteiger partial charge on any atom is -0.346 e. The number of aromatic nitrogens is 2. The van der Waals surface area contributed by atoms with Crippen LogP contribution in [0, 0.1) is 11.6 Å². The number of H-pyrrole nitrogens is 1. The SMILES string of the molecule is Cl.O=C(NC1CNCCC1c1ccc(F)c(F)c1)c1n[nH]c2ccccc12. The lowest BCUT2D eigenvalue weighted by atomic mass is 9.86. The Balaban J connectivity index is 0.00000210. The van der Waals surface area contributed by atoms with Crippen LogP contribution in [0.1, 0.15) is 28.4 Å². The molecule has 4 rings (SSSR count). The molecule has 1 aliphatic rings. The number of carbonyl (C=O) groups is 1. The van der Waals surface area contributed by atoms with Crippen LogP contribution < -0.4 is 10.6 Å². The van der Waals surface area contributed by atoms with Gasteiger partial charge in [-0.2, -0.15) is 5.10 Å². The van der Waals surface area contributed by atoms with E-state index < -0.39 is 11.6 Å². The average Bonchev–Trinajstić information content (AvgIpc) is 3.09. The zero-order valence-electron chi connectivity index (χ0n) is 14.3. The minimum atomic E-state index is -0.871. The van der Waals surface area contributed by atoms with Crippen LogP contribution in [0.15, 0.2) is 42.5 Å². The van der Waals surface area contributed by atoms with Crippen molar-refractivity contribution in [3.8, 4) is 0 Å². The molecule has 0 saturated carbocycles. The van der Waals surface area contributed by atoms with Gasteiger partial charge >= 0.3 is 0 Å². The summed E-state index contributed by atoms with van der Waals surface area (Å²) in [4.78, 5) is 12.7. The Labute approximate surface area is 160 Å². The quantitative estimate of drug-likeness (QED) is 0.641. The van der Waals surface area contributed by atoms with Crippen LogP contribution >= 0.6 is 12.4 Å². The number of carbonyl (C=O) groups excluding carboxylic acids is 1. The number of fused-ring (bicyclic) bond motifs is 1. The third kappa shape index (κ3) is 3.79. The van der Waals surface area contributed by atoms with E-state index in [1.165, 1.54) is 6.07 Å². The number of nitrogens with one attached hydrogen (secondary N) is 3. The molecule has 2 heterocycles. The molecule has 1 aliphatic heterocycles. The summed E-state index contributed by atoms with van der Waals surface area (Å²) in [5.74, 6) is -2.13. The molecular formula is C19H19ClF2N4O. The Kier molecular flexibility index (Phi) is 5.72. The normalized spacial score (nSPS) is 19.5. The largest absolute Gasteiger partial charge is 0.346 e. The fraction of sp³-hybridized carbons (Fsp3) is 0.263. The number of amides is 1. The molecule has 2 aromatic carbocycles. The first-order valence-corrected chi connectivity index (χ1v) is 8.53. The van der Waals surface area contributed by atoms with Crippen molar-refractivity contribution in [2.75, 3.05) is 13.1 Å². The summed E-state index contributed by atoms with van der Waals surface area (Å²) in [7, 11) is 0. The summed E-state index contributed by atoms with van der Waals surface area (Å²) < 4.78 is 26.9. The predicted molar refractivity (Wildman–Crippen MR) is 101 cm³/mol. The molecule has 1 amide bonds. The molecular weight excluding hydrogens is 374 g/mol. The lowest BCUT2D eigenvalue weighted by Crippen LogP contribution is -2.50. The van der Waals surface area contributed by atoms with E-state index >= 15 is 0 Å². The van der Waals surface area contributed by atoms with Gasteiger partial charge < -0.3 is 10.6 Å². The Morgan fingerprint density at radius 2 is 1.96 bits per heavy atom. The highest BCUT2D eigenvalue weighted by atomic mass is 35.5. The van der Waals surface area contributed by atoms with Crippen LogP contribution in [0.25, 0.3) is 10.9 Å². The third-order valence-electron chi connectivity index (χ3n) is 4.86. The fourth-order valence-corrected chi connectivity index (χ4v) is 3.53. The van der Waals surface area contributed by atoms with Crippen LogP contribution in [0.4, 0.5) is 8.78 Å². The molecule has 27 heavy (non-hydrogen) atoms. The second kappa shape index (κ2) is 8.02. The second-order valence-electron chi connectivity index (χ2n) is 6.47. The smallest absolute Gasteiger partial charge is 0.272 e. The molecule has 0 bridgehead atoms. The van der Waals surface area contributed by atoms with Gasteiger partial charge in [0.15, 0.2) is 17.3 Å². The van der Waals surface area contributed by atoms with Gasteiger partial charge in [0.1, 0.15) is 0 Å². The van der Waals surface area contributed by atoms with E-state index in [4.69, 9.17) is 0 Å². The highest BCUT2D eigenvalue weighted by molar-refractivity contribution is 6.04. The summed E-state index contributed by atoms with van der Waals surface area (Å²) in [6.07, 6.45) is 0.720. The Morgan fingerprint density at radius 3 is 2.78 bits per heavy atom. The van der Waals surface area contributed by atoms with E-state index in [0.29, 0.717) is 17.8 Å². The molecule has 1 fully saturated rings. The third-order valence-corrected chi connectivity index (χ3v) is 4.86. The van der Waals surface area contributed by atoms with Crippen molar-refractivity contribution in [1.29, 1.82) is 0 Å². The molecule has 1 aromatic heterocycles. The zero-order valence-corrected chi connectivity index (χ0v) is 15.2. The molecule has 2 atom stereocenters. The molecule has 2 unspecified atom stereocenters. The number of hydrogen-bond acceptors (Lipinski definition) is 3. The lowest BCUT2D eigenvalue weighted by molar-refractivity contribution is 0.0921.